The third kappa shape index (κ3) is 3.41. The maximum absolute atomic E-state index is 11.4. The molecule has 0 aromatic carbocycles. The second-order valence-corrected chi connectivity index (χ2v) is 8.12. The number of carbonyl (C=O) groups excluding carboxylic acids is 1. The number of methoxy groups -OCH3 is 1. The first-order chi connectivity index (χ1) is 11.3. The molecule has 1 saturated carbocycles. The SMILES string of the molecule is CO[C@@H]1C[C@H]2CN(c3nnc(C(C)(C)C)o3)C[C@H]2C[C@H]1NC(C)=O. The Kier molecular flexibility index (Phi) is 4.55. The molecule has 0 bridgehead atoms. The van der Waals surface area contributed by atoms with Gasteiger partial charge in [-0.25, -0.2) is 0 Å². The number of hydrogen-bond donors (Lipinski definition) is 1. The Bertz CT molecular complexity index is 595. The molecule has 2 fully saturated rings. The van der Waals surface area contributed by atoms with E-state index in [4.69, 9.17) is 9.15 Å². The number of nitrogens with zero attached hydrogens (tertiary/aromatic N) is 3. The largest absolute Gasteiger partial charge is 0.407 e. The molecule has 134 valence electrons. The fourth-order valence-electron chi connectivity index (χ4n) is 3.89. The lowest BCUT2D eigenvalue weighted by Gasteiger charge is -2.37. The normalized spacial score (nSPS) is 30.3. The van der Waals surface area contributed by atoms with Crippen LogP contribution in [0.3, 0.4) is 0 Å². The quantitative estimate of drug-likeness (QED) is 0.905. The van der Waals surface area contributed by atoms with Crippen LogP contribution in [0, 0.1) is 11.8 Å². The van der Waals surface area contributed by atoms with Crippen molar-refractivity contribution in [2.75, 3.05) is 25.1 Å². The Morgan fingerprint density at radius 2 is 1.92 bits per heavy atom. The standard InChI is InChI=1S/C17H28N4O3/c1-10(22)18-13-6-11-8-21(9-12(11)7-14(13)23-5)16-20-19-15(24-16)17(2,3)4/h11-14H,6-9H2,1-5H3,(H,18,22)/t11-,12+,13-,14-/m1/s1. The number of fused-ring (bicyclic) bond motifs is 1. The third-order valence-electron chi connectivity index (χ3n) is 5.13. The van der Waals surface area contributed by atoms with Gasteiger partial charge in [-0.2, -0.15) is 0 Å². The minimum Gasteiger partial charge on any atom is -0.407 e. The fraction of sp³-hybridized carbons (Fsp3) is 0.824. The van der Waals surface area contributed by atoms with Gasteiger partial charge in [0.1, 0.15) is 0 Å². The van der Waals surface area contributed by atoms with Crippen molar-refractivity contribution in [2.24, 2.45) is 11.8 Å². The maximum atomic E-state index is 11.4. The van der Waals surface area contributed by atoms with Crippen molar-refractivity contribution in [3.8, 4) is 0 Å². The van der Waals surface area contributed by atoms with Gasteiger partial charge in [0.25, 0.3) is 0 Å². The summed E-state index contributed by atoms with van der Waals surface area (Å²) in [6.07, 6.45) is 1.95. The van der Waals surface area contributed by atoms with Crippen molar-refractivity contribution in [2.45, 2.75) is 58.1 Å². The van der Waals surface area contributed by atoms with Crippen LogP contribution in [0.15, 0.2) is 4.42 Å². The molecule has 1 N–H and O–H groups in total. The summed E-state index contributed by atoms with van der Waals surface area (Å²) in [6, 6.07) is 0.695. The number of ether oxygens (including phenoxy) is 1. The van der Waals surface area contributed by atoms with Gasteiger partial charge in [0.15, 0.2) is 0 Å². The van der Waals surface area contributed by atoms with Crippen molar-refractivity contribution in [1.82, 2.24) is 15.5 Å². The van der Waals surface area contributed by atoms with Crippen LogP contribution in [-0.2, 0) is 14.9 Å². The molecule has 2 aliphatic rings. The van der Waals surface area contributed by atoms with E-state index in [2.05, 4.69) is 41.2 Å². The van der Waals surface area contributed by atoms with Crippen molar-refractivity contribution in [3.63, 3.8) is 0 Å². The molecule has 7 heteroatoms. The molecule has 0 spiro atoms. The van der Waals surface area contributed by atoms with Crippen LogP contribution in [-0.4, -0.2) is 48.4 Å². The summed E-state index contributed by atoms with van der Waals surface area (Å²) in [5.74, 6) is 1.71. The van der Waals surface area contributed by atoms with Crippen LogP contribution in [0.2, 0.25) is 0 Å². The molecule has 0 radical (unpaired) electrons. The number of rotatable bonds is 3. The zero-order chi connectivity index (χ0) is 17.5. The smallest absolute Gasteiger partial charge is 0.318 e. The van der Waals surface area contributed by atoms with Gasteiger partial charge >= 0.3 is 6.01 Å². The summed E-state index contributed by atoms with van der Waals surface area (Å²) in [6.45, 7) is 9.55. The van der Waals surface area contributed by atoms with Crippen LogP contribution in [0.5, 0.6) is 0 Å². The van der Waals surface area contributed by atoms with Gasteiger partial charge in [-0.05, 0) is 24.7 Å². The highest BCUT2D eigenvalue weighted by Crippen LogP contribution is 2.39. The van der Waals surface area contributed by atoms with E-state index in [1.54, 1.807) is 14.0 Å². The lowest BCUT2D eigenvalue weighted by molar-refractivity contribution is -0.121. The Labute approximate surface area is 143 Å². The highest BCUT2D eigenvalue weighted by Gasteiger charge is 2.44. The summed E-state index contributed by atoms with van der Waals surface area (Å²) in [4.78, 5) is 13.6. The molecule has 1 saturated heterocycles. The number of aromatic nitrogens is 2. The van der Waals surface area contributed by atoms with Crippen LogP contribution in [0.1, 0.15) is 46.4 Å². The predicted molar refractivity (Wildman–Crippen MR) is 89.8 cm³/mol. The van der Waals surface area contributed by atoms with Crippen LogP contribution < -0.4 is 10.2 Å². The molecule has 24 heavy (non-hydrogen) atoms. The minimum absolute atomic E-state index is 0.00192. The minimum atomic E-state index is -0.143. The van der Waals surface area contributed by atoms with E-state index in [-0.39, 0.29) is 23.5 Å². The molecule has 0 unspecified atom stereocenters. The summed E-state index contributed by atoms with van der Waals surface area (Å²) < 4.78 is 11.5. The van der Waals surface area contributed by atoms with E-state index in [9.17, 15) is 4.79 Å². The van der Waals surface area contributed by atoms with Gasteiger partial charge in [-0.1, -0.05) is 25.9 Å². The monoisotopic (exact) mass is 336 g/mol. The van der Waals surface area contributed by atoms with Crippen molar-refractivity contribution >= 4 is 11.9 Å². The van der Waals surface area contributed by atoms with E-state index in [0.29, 0.717) is 23.7 Å². The molecular weight excluding hydrogens is 308 g/mol. The summed E-state index contributed by atoms with van der Waals surface area (Å²) in [5, 5.41) is 11.5. The third-order valence-corrected chi connectivity index (χ3v) is 5.13. The molecule has 2 heterocycles. The lowest BCUT2D eigenvalue weighted by Crippen LogP contribution is -2.49. The number of nitrogens with one attached hydrogen (secondary N) is 1. The molecule has 1 aromatic heterocycles. The molecule has 1 aliphatic heterocycles. The topological polar surface area (TPSA) is 80.5 Å². The Hall–Kier alpha value is -1.63. The van der Waals surface area contributed by atoms with Gasteiger partial charge in [-0.3, -0.25) is 4.79 Å². The Morgan fingerprint density at radius 1 is 1.25 bits per heavy atom. The molecular formula is C17H28N4O3. The first kappa shape index (κ1) is 17.2. The van der Waals surface area contributed by atoms with E-state index in [1.807, 2.05) is 0 Å². The maximum Gasteiger partial charge on any atom is 0.318 e. The van der Waals surface area contributed by atoms with Crippen molar-refractivity contribution < 1.29 is 13.9 Å². The van der Waals surface area contributed by atoms with E-state index in [0.717, 1.165) is 25.9 Å². The first-order valence-electron chi connectivity index (χ1n) is 8.66. The van der Waals surface area contributed by atoms with Crippen LogP contribution >= 0.6 is 0 Å². The Balaban J connectivity index is 1.70. The van der Waals surface area contributed by atoms with Gasteiger partial charge in [0, 0.05) is 32.5 Å². The van der Waals surface area contributed by atoms with E-state index < -0.39 is 0 Å². The van der Waals surface area contributed by atoms with E-state index >= 15 is 0 Å². The van der Waals surface area contributed by atoms with Gasteiger partial charge in [0.2, 0.25) is 11.8 Å². The summed E-state index contributed by atoms with van der Waals surface area (Å²) in [5.41, 5.74) is -0.143. The second-order valence-electron chi connectivity index (χ2n) is 8.12. The van der Waals surface area contributed by atoms with E-state index in [1.165, 1.54) is 0 Å². The summed E-state index contributed by atoms with van der Waals surface area (Å²) >= 11 is 0. The van der Waals surface area contributed by atoms with Gasteiger partial charge in [0.05, 0.1) is 12.1 Å². The highest BCUT2D eigenvalue weighted by molar-refractivity contribution is 5.73. The van der Waals surface area contributed by atoms with Crippen LogP contribution in [0.4, 0.5) is 6.01 Å². The lowest BCUT2D eigenvalue weighted by atomic mass is 9.77. The average Bonchev–Trinajstić information content (AvgIpc) is 3.11. The highest BCUT2D eigenvalue weighted by atomic mass is 16.5. The van der Waals surface area contributed by atoms with Crippen LogP contribution in [0.25, 0.3) is 0 Å². The Morgan fingerprint density at radius 3 is 2.46 bits per heavy atom. The fourth-order valence-corrected chi connectivity index (χ4v) is 3.89. The molecule has 1 aliphatic carbocycles. The van der Waals surface area contributed by atoms with Crippen molar-refractivity contribution in [3.05, 3.63) is 5.89 Å². The molecule has 7 nitrogen and oxygen atoms in total. The van der Waals surface area contributed by atoms with Gasteiger partial charge in [-0.15, -0.1) is 5.10 Å². The molecule has 1 amide bonds. The van der Waals surface area contributed by atoms with Gasteiger partial charge < -0.3 is 19.4 Å². The molecule has 4 atom stereocenters. The zero-order valence-electron chi connectivity index (χ0n) is 15.2. The second kappa shape index (κ2) is 6.35. The number of anilines is 1. The average molecular weight is 336 g/mol. The molecule has 3 rings (SSSR count). The zero-order valence-corrected chi connectivity index (χ0v) is 15.2. The number of amides is 1. The number of carbonyl (C=O) groups is 1. The number of hydrogen-bond acceptors (Lipinski definition) is 6. The first-order valence-corrected chi connectivity index (χ1v) is 8.66. The van der Waals surface area contributed by atoms with Crippen molar-refractivity contribution in [1.29, 1.82) is 0 Å². The summed E-state index contributed by atoms with van der Waals surface area (Å²) in [7, 11) is 1.72. The molecule has 1 aromatic rings. The predicted octanol–water partition coefficient (Wildman–Crippen LogP) is 1.73.